The molecule has 0 spiro atoms. The minimum absolute atomic E-state index is 0.208. The van der Waals surface area contributed by atoms with Crippen molar-refractivity contribution in [1.29, 1.82) is 0 Å². The number of rotatable bonds is 6. The third-order valence-electron chi connectivity index (χ3n) is 3.56. The smallest absolute Gasteiger partial charge is 0.340 e. The topological polar surface area (TPSA) is 64.6 Å². The summed E-state index contributed by atoms with van der Waals surface area (Å²) in [6.45, 7) is -0.441. The molecule has 1 amide bonds. The van der Waals surface area contributed by atoms with Gasteiger partial charge >= 0.3 is 5.97 Å². The monoisotopic (exact) mass is 381 g/mol. The quantitative estimate of drug-likeness (QED) is 0.615. The predicted molar refractivity (Wildman–Crippen MR) is 103 cm³/mol. The summed E-state index contributed by atoms with van der Waals surface area (Å²) in [6, 6.07) is 22.7. The van der Waals surface area contributed by atoms with Crippen molar-refractivity contribution < 1.29 is 19.1 Å². The zero-order chi connectivity index (χ0) is 19.1. The summed E-state index contributed by atoms with van der Waals surface area (Å²) < 4.78 is 10.8. The highest BCUT2D eigenvalue weighted by Gasteiger charge is 2.14. The minimum atomic E-state index is -0.662. The van der Waals surface area contributed by atoms with Gasteiger partial charge in [-0.3, -0.25) is 4.79 Å². The highest BCUT2D eigenvalue weighted by atomic mass is 35.5. The van der Waals surface area contributed by atoms with Crippen LogP contribution in [0.5, 0.6) is 11.5 Å². The SMILES string of the molecule is O=C(COC(=O)c1ccccc1Cl)Nc1ccccc1Oc1ccccc1. The number of hydrogen-bond acceptors (Lipinski definition) is 4. The fourth-order valence-corrected chi connectivity index (χ4v) is 2.51. The first-order valence-electron chi connectivity index (χ1n) is 8.17. The van der Waals surface area contributed by atoms with E-state index in [2.05, 4.69) is 5.32 Å². The van der Waals surface area contributed by atoms with Crippen molar-refractivity contribution in [2.24, 2.45) is 0 Å². The molecule has 0 aliphatic rings. The van der Waals surface area contributed by atoms with Gasteiger partial charge in [-0.1, -0.05) is 54.1 Å². The van der Waals surface area contributed by atoms with Gasteiger partial charge in [-0.05, 0) is 36.4 Å². The Morgan fingerprint density at radius 2 is 1.52 bits per heavy atom. The van der Waals surface area contributed by atoms with Crippen LogP contribution in [0, 0.1) is 0 Å². The van der Waals surface area contributed by atoms with Crippen molar-refractivity contribution in [3.05, 3.63) is 89.4 Å². The van der Waals surface area contributed by atoms with E-state index in [-0.39, 0.29) is 10.6 Å². The molecule has 5 nitrogen and oxygen atoms in total. The molecule has 3 aromatic rings. The largest absolute Gasteiger partial charge is 0.455 e. The maximum atomic E-state index is 12.2. The van der Waals surface area contributed by atoms with Crippen LogP contribution in [0.25, 0.3) is 0 Å². The molecule has 0 bridgehead atoms. The molecule has 0 saturated carbocycles. The number of nitrogens with one attached hydrogen (secondary N) is 1. The fraction of sp³-hybridized carbons (Fsp3) is 0.0476. The second-order valence-electron chi connectivity index (χ2n) is 5.52. The van der Waals surface area contributed by atoms with Crippen molar-refractivity contribution >= 4 is 29.2 Å². The second-order valence-corrected chi connectivity index (χ2v) is 5.92. The van der Waals surface area contributed by atoms with Crippen LogP contribution in [0.4, 0.5) is 5.69 Å². The maximum Gasteiger partial charge on any atom is 0.340 e. The van der Waals surface area contributed by atoms with Gasteiger partial charge in [0.1, 0.15) is 5.75 Å². The molecule has 1 N–H and O–H groups in total. The van der Waals surface area contributed by atoms with E-state index in [1.165, 1.54) is 6.07 Å². The summed E-state index contributed by atoms with van der Waals surface area (Å²) in [6.07, 6.45) is 0. The Bertz CT molecular complexity index is 944. The molecule has 0 radical (unpaired) electrons. The average molecular weight is 382 g/mol. The average Bonchev–Trinajstić information content (AvgIpc) is 2.69. The van der Waals surface area contributed by atoms with Crippen LogP contribution in [0.2, 0.25) is 5.02 Å². The van der Waals surface area contributed by atoms with Crippen molar-refractivity contribution in [1.82, 2.24) is 0 Å². The van der Waals surface area contributed by atoms with E-state index >= 15 is 0 Å². The van der Waals surface area contributed by atoms with E-state index in [4.69, 9.17) is 21.1 Å². The predicted octanol–water partition coefficient (Wildman–Crippen LogP) is 4.93. The summed E-state index contributed by atoms with van der Waals surface area (Å²) in [5, 5.41) is 2.95. The number of para-hydroxylation sites is 3. The first-order valence-corrected chi connectivity index (χ1v) is 8.55. The molecule has 0 aliphatic carbocycles. The van der Waals surface area contributed by atoms with E-state index in [1.54, 1.807) is 42.5 Å². The third-order valence-corrected chi connectivity index (χ3v) is 3.89. The molecule has 6 heteroatoms. The van der Waals surface area contributed by atoms with Crippen LogP contribution in [0.15, 0.2) is 78.9 Å². The molecule has 0 unspecified atom stereocenters. The van der Waals surface area contributed by atoms with Gasteiger partial charge in [-0.25, -0.2) is 4.79 Å². The van der Waals surface area contributed by atoms with Gasteiger partial charge in [0.25, 0.3) is 5.91 Å². The zero-order valence-corrected chi connectivity index (χ0v) is 15.0. The summed E-state index contributed by atoms with van der Waals surface area (Å²) in [7, 11) is 0. The number of amides is 1. The molecule has 0 saturated heterocycles. The summed E-state index contributed by atoms with van der Waals surface area (Å²) in [5.41, 5.74) is 0.680. The highest BCUT2D eigenvalue weighted by molar-refractivity contribution is 6.33. The van der Waals surface area contributed by atoms with Crippen LogP contribution in [0.3, 0.4) is 0 Å². The lowest BCUT2D eigenvalue weighted by Crippen LogP contribution is -2.21. The lowest BCUT2D eigenvalue weighted by atomic mass is 10.2. The first-order chi connectivity index (χ1) is 13.1. The van der Waals surface area contributed by atoms with Gasteiger partial charge in [-0.15, -0.1) is 0 Å². The van der Waals surface area contributed by atoms with Crippen LogP contribution >= 0.6 is 11.6 Å². The van der Waals surface area contributed by atoms with E-state index in [1.807, 2.05) is 30.3 Å². The van der Waals surface area contributed by atoms with Crippen molar-refractivity contribution in [3.8, 4) is 11.5 Å². The van der Waals surface area contributed by atoms with Gasteiger partial charge in [0.15, 0.2) is 12.4 Å². The molecule has 27 heavy (non-hydrogen) atoms. The summed E-state index contributed by atoms with van der Waals surface area (Å²) in [4.78, 5) is 24.2. The van der Waals surface area contributed by atoms with E-state index in [9.17, 15) is 9.59 Å². The van der Waals surface area contributed by atoms with E-state index < -0.39 is 18.5 Å². The number of esters is 1. The molecule has 0 aliphatic heterocycles. The van der Waals surface area contributed by atoms with Gasteiger partial charge in [-0.2, -0.15) is 0 Å². The van der Waals surface area contributed by atoms with Gasteiger partial charge in [0, 0.05) is 0 Å². The number of anilines is 1. The number of ether oxygens (including phenoxy) is 2. The number of carbonyl (C=O) groups excluding carboxylic acids is 2. The Morgan fingerprint density at radius 3 is 2.30 bits per heavy atom. The Labute approximate surface area is 161 Å². The second kappa shape index (κ2) is 8.87. The lowest BCUT2D eigenvalue weighted by molar-refractivity contribution is -0.119. The molecule has 136 valence electrons. The molecule has 0 fully saturated rings. The Morgan fingerprint density at radius 1 is 0.852 bits per heavy atom. The number of carbonyl (C=O) groups is 2. The molecular weight excluding hydrogens is 366 g/mol. The molecule has 0 atom stereocenters. The standard InChI is InChI=1S/C21H16ClNO4/c22-17-11-5-4-10-16(17)21(25)26-14-20(24)23-18-12-6-7-13-19(18)27-15-8-2-1-3-9-15/h1-13H,14H2,(H,23,24). The van der Waals surface area contributed by atoms with Gasteiger partial charge in [0.2, 0.25) is 0 Å². The highest BCUT2D eigenvalue weighted by Crippen LogP contribution is 2.29. The van der Waals surface area contributed by atoms with Crippen molar-refractivity contribution in [2.75, 3.05) is 11.9 Å². The zero-order valence-electron chi connectivity index (χ0n) is 14.2. The van der Waals surface area contributed by atoms with Gasteiger partial charge in [0.05, 0.1) is 16.3 Å². The Balaban J connectivity index is 1.61. The number of hydrogen-bond donors (Lipinski definition) is 1. The Hall–Kier alpha value is -3.31. The van der Waals surface area contributed by atoms with Crippen LogP contribution in [-0.4, -0.2) is 18.5 Å². The van der Waals surface area contributed by atoms with E-state index in [0.717, 1.165) is 0 Å². The van der Waals surface area contributed by atoms with E-state index in [0.29, 0.717) is 17.2 Å². The van der Waals surface area contributed by atoms with Crippen LogP contribution in [0.1, 0.15) is 10.4 Å². The first kappa shape index (κ1) is 18.5. The van der Waals surface area contributed by atoms with Crippen molar-refractivity contribution in [2.45, 2.75) is 0 Å². The maximum absolute atomic E-state index is 12.2. The third kappa shape index (κ3) is 5.09. The summed E-state index contributed by atoms with van der Waals surface area (Å²) >= 11 is 5.94. The molecule has 3 aromatic carbocycles. The number of benzene rings is 3. The normalized spacial score (nSPS) is 10.1. The fourth-order valence-electron chi connectivity index (χ4n) is 2.30. The van der Waals surface area contributed by atoms with Crippen LogP contribution in [-0.2, 0) is 9.53 Å². The van der Waals surface area contributed by atoms with Gasteiger partial charge < -0.3 is 14.8 Å². The number of halogens is 1. The molecule has 3 rings (SSSR count). The minimum Gasteiger partial charge on any atom is -0.455 e. The lowest BCUT2D eigenvalue weighted by Gasteiger charge is -2.12. The summed E-state index contributed by atoms with van der Waals surface area (Å²) in [5.74, 6) is -0.0251. The molecular formula is C21H16ClNO4. The van der Waals surface area contributed by atoms with Crippen LogP contribution < -0.4 is 10.1 Å². The van der Waals surface area contributed by atoms with Crippen molar-refractivity contribution in [3.63, 3.8) is 0 Å². The molecule has 0 aromatic heterocycles. The Kier molecular flexibility index (Phi) is 6.07. The molecule has 0 heterocycles.